The van der Waals surface area contributed by atoms with Gasteiger partial charge in [0.2, 0.25) is 0 Å². The number of aliphatic imine (C=N–C) groups is 1. The second-order valence-electron chi connectivity index (χ2n) is 6.40. The molecule has 1 saturated heterocycles. The molecule has 160 valence electrons. The fourth-order valence-corrected chi connectivity index (χ4v) is 4.03. The zero-order valence-corrected chi connectivity index (χ0v) is 17.6. The van der Waals surface area contributed by atoms with Gasteiger partial charge in [-0.2, -0.15) is 13.2 Å². The summed E-state index contributed by atoms with van der Waals surface area (Å²) < 4.78 is 47.7. The lowest BCUT2D eigenvalue weighted by Crippen LogP contribution is -2.19. The lowest BCUT2D eigenvalue weighted by atomic mass is 10.1. The number of nitrogens with zero attached hydrogens (tertiary/aromatic N) is 3. The molecule has 1 aliphatic rings. The number of carbonyl (C=O) groups is 1. The lowest BCUT2D eigenvalue weighted by molar-refractivity contribution is -0.158. The van der Waals surface area contributed by atoms with Crippen LogP contribution in [0.4, 0.5) is 18.9 Å². The van der Waals surface area contributed by atoms with Crippen LogP contribution in [0, 0.1) is 13.8 Å². The summed E-state index contributed by atoms with van der Waals surface area (Å²) in [6, 6.07) is 8.92. The first kappa shape index (κ1) is 21.2. The van der Waals surface area contributed by atoms with Crippen LogP contribution in [0.3, 0.4) is 0 Å². The van der Waals surface area contributed by atoms with E-state index in [-0.39, 0.29) is 16.2 Å². The number of amidine groups is 1. The molecule has 0 atom stereocenters. The van der Waals surface area contributed by atoms with Gasteiger partial charge in [0.15, 0.2) is 10.3 Å². The maximum Gasteiger partial charge on any atom is 0.470 e. The Balaban J connectivity index is 1.47. The van der Waals surface area contributed by atoms with Gasteiger partial charge in [0.05, 0.1) is 10.6 Å². The van der Waals surface area contributed by atoms with Gasteiger partial charge < -0.3 is 14.2 Å². The molecule has 2 aromatic heterocycles. The quantitative estimate of drug-likeness (QED) is 0.519. The number of aryl methyl sites for hydroxylation is 2. The van der Waals surface area contributed by atoms with Crippen molar-refractivity contribution < 1.29 is 26.8 Å². The molecule has 1 fully saturated rings. The molecule has 1 amide bonds. The summed E-state index contributed by atoms with van der Waals surface area (Å²) in [7, 11) is 0. The summed E-state index contributed by atoms with van der Waals surface area (Å²) in [5, 5.41) is 9.34. The molecule has 1 N–H and O–H groups in total. The van der Waals surface area contributed by atoms with Gasteiger partial charge >= 0.3 is 12.1 Å². The molecule has 3 aromatic rings. The highest BCUT2D eigenvalue weighted by Gasteiger charge is 2.38. The van der Waals surface area contributed by atoms with Gasteiger partial charge in [-0.25, -0.2) is 4.99 Å². The zero-order chi connectivity index (χ0) is 22.2. The monoisotopic (exact) mass is 466 g/mol. The van der Waals surface area contributed by atoms with Crippen LogP contribution in [0.5, 0.6) is 0 Å². The van der Waals surface area contributed by atoms with Crippen molar-refractivity contribution in [3.8, 4) is 0 Å². The van der Waals surface area contributed by atoms with Gasteiger partial charge in [0, 0.05) is 17.8 Å². The van der Waals surface area contributed by atoms with E-state index in [2.05, 4.69) is 24.9 Å². The number of carbonyl (C=O) groups excluding carboxylic acids is 1. The summed E-state index contributed by atoms with van der Waals surface area (Å²) in [4.78, 5) is 17.1. The average Bonchev–Trinajstić information content (AvgIpc) is 3.40. The lowest BCUT2D eigenvalue weighted by Gasteiger charge is -2.02. The van der Waals surface area contributed by atoms with E-state index in [1.807, 2.05) is 32.0 Å². The van der Waals surface area contributed by atoms with Gasteiger partial charge in [-0.1, -0.05) is 17.7 Å². The minimum Gasteiger partial charge on any atom is -0.450 e. The third-order valence-corrected chi connectivity index (χ3v) is 5.61. The summed E-state index contributed by atoms with van der Waals surface area (Å²) in [5.41, 5.74) is 2.86. The Kier molecular flexibility index (Phi) is 5.67. The normalized spacial score (nSPS) is 17.0. The molecule has 0 bridgehead atoms. The number of thioether (sulfide) groups is 1. The Morgan fingerprint density at radius 1 is 1.16 bits per heavy atom. The topological polar surface area (TPSA) is 93.5 Å². The molecule has 0 spiro atoms. The smallest absolute Gasteiger partial charge is 0.450 e. The Hall–Kier alpha value is -2.99. The molecular formula is C19H13F3N4O3S2. The van der Waals surface area contributed by atoms with E-state index in [1.165, 1.54) is 12.1 Å². The molecule has 31 heavy (non-hydrogen) atoms. The second kappa shape index (κ2) is 8.27. The van der Waals surface area contributed by atoms with Gasteiger partial charge in [-0.05, 0) is 49.4 Å². The van der Waals surface area contributed by atoms with Crippen LogP contribution >= 0.6 is 23.5 Å². The van der Waals surface area contributed by atoms with Crippen molar-refractivity contribution in [2.45, 2.75) is 30.3 Å². The number of furan rings is 1. The Morgan fingerprint density at radius 2 is 1.97 bits per heavy atom. The van der Waals surface area contributed by atoms with Crippen molar-refractivity contribution in [2.75, 3.05) is 0 Å². The molecule has 3 heterocycles. The number of rotatable bonds is 4. The van der Waals surface area contributed by atoms with Crippen LogP contribution in [0.15, 0.2) is 59.4 Å². The highest BCUT2D eigenvalue weighted by Crippen LogP contribution is 2.34. The molecule has 0 unspecified atom stereocenters. The molecule has 7 nitrogen and oxygen atoms in total. The standard InChI is InChI=1S/C19H13F3N4O3S2/c1-9-3-5-12(10(2)7-9)23-17-24-15(27)13(30-17)8-11-4-6-14(28-11)31-18-26-25-16(29-18)19(20,21)22/h3-8H,1-2H3,(H,23,24,27)/b13-8-. The van der Waals surface area contributed by atoms with E-state index in [0.29, 0.717) is 15.8 Å². The van der Waals surface area contributed by atoms with Crippen molar-refractivity contribution in [1.82, 2.24) is 15.5 Å². The number of halogens is 3. The van der Waals surface area contributed by atoms with Crippen LogP contribution in [0.2, 0.25) is 0 Å². The molecule has 0 aliphatic carbocycles. The first-order valence-corrected chi connectivity index (χ1v) is 10.4. The zero-order valence-electron chi connectivity index (χ0n) is 16.0. The molecule has 12 heteroatoms. The van der Waals surface area contributed by atoms with Crippen LogP contribution in [-0.4, -0.2) is 21.3 Å². The molecule has 1 aliphatic heterocycles. The van der Waals surface area contributed by atoms with E-state index in [0.717, 1.165) is 40.3 Å². The van der Waals surface area contributed by atoms with Gasteiger partial charge in [0.1, 0.15) is 5.76 Å². The molecule has 1 aromatic carbocycles. The summed E-state index contributed by atoms with van der Waals surface area (Å²) >= 11 is 1.90. The molecular weight excluding hydrogens is 453 g/mol. The van der Waals surface area contributed by atoms with E-state index < -0.39 is 12.1 Å². The van der Waals surface area contributed by atoms with Crippen LogP contribution in [0.1, 0.15) is 22.8 Å². The van der Waals surface area contributed by atoms with Crippen molar-refractivity contribution in [3.63, 3.8) is 0 Å². The third kappa shape index (κ3) is 5.02. The number of aromatic nitrogens is 2. The number of alkyl halides is 3. The Bertz CT molecular complexity index is 1210. The Labute approximate surface area is 182 Å². The van der Waals surface area contributed by atoms with E-state index in [4.69, 9.17) is 4.42 Å². The minimum atomic E-state index is -4.71. The summed E-state index contributed by atoms with van der Waals surface area (Å²) in [5.74, 6) is -1.42. The average molecular weight is 466 g/mol. The van der Waals surface area contributed by atoms with Crippen molar-refractivity contribution in [2.24, 2.45) is 4.99 Å². The maximum absolute atomic E-state index is 12.5. The fraction of sp³-hybridized carbons (Fsp3) is 0.158. The van der Waals surface area contributed by atoms with E-state index >= 15 is 0 Å². The Morgan fingerprint density at radius 3 is 2.68 bits per heavy atom. The van der Waals surface area contributed by atoms with Crippen LogP contribution < -0.4 is 5.32 Å². The highest BCUT2D eigenvalue weighted by atomic mass is 32.2. The van der Waals surface area contributed by atoms with Crippen molar-refractivity contribution in [3.05, 3.63) is 58.0 Å². The molecule has 0 radical (unpaired) electrons. The molecule has 0 saturated carbocycles. The van der Waals surface area contributed by atoms with E-state index in [9.17, 15) is 18.0 Å². The second-order valence-corrected chi connectivity index (χ2v) is 8.39. The summed E-state index contributed by atoms with van der Waals surface area (Å²) in [6.07, 6.45) is -3.20. The van der Waals surface area contributed by atoms with Crippen LogP contribution in [0.25, 0.3) is 6.08 Å². The third-order valence-electron chi connectivity index (χ3n) is 3.94. The van der Waals surface area contributed by atoms with Crippen molar-refractivity contribution >= 4 is 46.4 Å². The predicted octanol–water partition coefficient (Wildman–Crippen LogP) is 5.34. The SMILES string of the molecule is Cc1ccc(N=C2NC(=O)/C(=C/c3ccc(Sc4nnc(C(F)(F)F)o4)o3)S2)c(C)c1. The maximum atomic E-state index is 12.5. The molecule has 4 rings (SSSR count). The van der Waals surface area contributed by atoms with E-state index in [1.54, 1.807) is 6.07 Å². The number of hydrogen-bond donors (Lipinski definition) is 1. The predicted molar refractivity (Wildman–Crippen MR) is 109 cm³/mol. The number of benzene rings is 1. The number of hydrogen-bond acceptors (Lipinski definition) is 8. The number of amides is 1. The van der Waals surface area contributed by atoms with Crippen molar-refractivity contribution in [1.29, 1.82) is 0 Å². The van der Waals surface area contributed by atoms with Crippen LogP contribution in [-0.2, 0) is 11.0 Å². The fourth-order valence-electron chi connectivity index (χ4n) is 2.57. The van der Waals surface area contributed by atoms with Gasteiger partial charge in [0.25, 0.3) is 11.1 Å². The highest BCUT2D eigenvalue weighted by molar-refractivity contribution is 8.18. The van der Waals surface area contributed by atoms with Gasteiger partial charge in [-0.3, -0.25) is 4.79 Å². The largest absolute Gasteiger partial charge is 0.470 e. The first-order valence-electron chi connectivity index (χ1n) is 8.72. The summed E-state index contributed by atoms with van der Waals surface area (Å²) in [6.45, 7) is 3.92. The minimum absolute atomic E-state index is 0.233. The first-order chi connectivity index (χ1) is 14.7. The van der Waals surface area contributed by atoms with Gasteiger partial charge in [-0.15, -0.1) is 10.2 Å². The number of nitrogens with one attached hydrogen (secondary N) is 1.